The Kier molecular flexibility index (Phi) is 5.79. The third-order valence-corrected chi connectivity index (χ3v) is 4.18. The smallest absolute Gasteiger partial charge is 0.267 e. The fourth-order valence-electron chi connectivity index (χ4n) is 2.25. The molecule has 124 valence electrons. The van der Waals surface area contributed by atoms with Crippen molar-refractivity contribution in [3.63, 3.8) is 0 Å². The van der Waals surface area contributed by atoms with E-state index < -0.39 is 6.10 Å². The maximum absolute atomic E-state index is 13.0. The first-order valence-electron chi connectivity index (χ1n) is 7.40. The van der Waals surface area contributed by atoms with Crippen LogP contribution >= 0.6 is 11.5 Å². The molecule has 7 heteroatoms. The van der Waals surface area contributed by atoms with Crippen molar-refractivity contribution in [2.45, 2.75) is 26.9 Å². The van der Waals surface area contributed by atoms with Crippen LogP contribution in [-0.4, -0.2) is 38.6 Å². The molecule has 1 N–H and O–H groups in total. The normalized spacial score (nSPS) is 12.4. The predicted octanol–water partition coefficient (Wildman–Crippen LogP) is 2.82. The summed E-state index contributed by atoms with van der Waals surface area (Å²) in [6, 6.07) is 5.64. The van der Waals surface area contributed by atoms with Gasteiger partial charge >= 0.3 is 0 Å². The monoisotopic (exact) mass is 337 g/mol. The van der Waals surface area contributed by atoms with Gasteiger partial charge < -0.3 is 10.0 Å². The summed E-state index contributed by atoms with van der Waals surface area (Å²) in [5, 5.41) is 14.2. The van der Waals surface area contributed by atoms with E-state index in [1.807, 2.05) is 13.8 Å². The van der Waals surface area contributed by atoms with Gasteiger partial charge in [0.25, 0.3) is 5.91 Å². The molecule has 1 unspecified atom stereocenters. The van der Waals surface area contributed by atoms with Gasteiger partial charge in [-0.25, -0.2) is 4.39 Å². The highest BCUT2D eigenvalue weighted by atomic mass is 32.1. The maximum Gasteiger partial charge on any atom is 0.267 e. The number of benzene rings is 1. The van der Waals surface area contributed by atoms with Gasteiger partial charge in [-0.3, -0.25) is 4.79 Å². The van der Waals surface area contributed by atoms with Crippen LogP contribution in [0.15, 0.2) is 24.3 Å². The molecule has 0 aliphatic carbocycles. The van der Waals surface area contributed by atoms with Crippen molar-refractivity contribution in [1.82, 2.24) is 14.5 Å². The van der Waals surface area contributed by atoms with Gasteiger partial charge in [0.2, 0.25) is 0 Å². The van der Waals surface area contributed by atoms with Crippen molar-refractivity contribution in [3.05, 3.63) is 46.2 Å². The first-order valence-corrected chi connectivity index (χ1v) is 8.17. The van der Waals surface area contributed by atoms with Crippen LogP contribution in [0.1, 0.15) is 40.9 Å². The van der Waals surface area contributed by atoms with E-state index in [-0.39, 0.29) is 24.2 Å². The molecule has 1 amide bonds. The highest BCUT2D eigenvalue weighted by Crippen LogP contribution is 2.19. The molecule has 0 radical (unpaired) electrons. The number of nitrogens with zero attached hydrogens (tertiary/aromatic N) is 3. The van der Waals surface area contributed by atoms with Crippen molar-refractivity contribution in [1.29, 1.82) is 0 Å². The van der Waals surface area contributed by atoms with Gasteiger partial charge in [0.05, 0.1) is 18.3 Å². The number of hydrogen-bond donors (Lipinski definition) is 1. The number of aromatic nitrogens is 2. The summed E-state index contributed by atoms with van der Waals surface area (Å²) in [4.78, 5) is 14.7. The van der Waals surface area contributed by atoms with Crippen molar-refractivity contribution in [3.8, 4) is 0 Å². The fourth-order valence-corrected chi connectivity index (χ4v) is 2.88. The van der Waals surface area contributed by atoms with Crippen molar-refractivity contribution >= 4 is 17.4 Å². The number of carbonyl (C=O) groups excluding carboxylic acids is 1. The van der Waals surface area contributed by atoms with Crippen molar-refractivity contribution in [2.75, 3.05) is 13.1 Å². The molecular weight excluding hydrogens is 317 g/mol. The Morgan fingerprint density at radius 2 is 1.96 bits per heavy atom. The van der Waals surface area contributed by atoms with E-state index in [9.17, 15) is 14.3 Å². The molecule has 5 nitrogen and oxygen atoms in total. The summed E-state index contributed by atoms with van der Waals surface area (Å²) >= 11 is 1.05. The Morgan fingerprint density at radius 3 is 2.48 bits per heavy atom. The van der Waals surface area contributed by atoms with Crippen LogP contribution in [0.5, 0.6) is 0 Å². The summed E-state index contributed by atoms with van der Waals surface area (Å²) in [6.07, 6.45) is -0.875. The highest BCUT2D eigenvalue weighted by molar-refractivity contribution is 7.07. The molecular formula is C16H20FN3O2S. The minimum Gasteiger partial charge on any atom is -0.387 e. The lowest BCUT2D eigenvalue weighted by Gasteiger charge is -2.26. The number of hydrogen-bond acceptors (Lipinski definition) is 5. The largest absolute Gasteiger partial charge is 0.387 e. The second-order valence-electron chi connectivity index (χ2n) is 5.86. The van der Waals surface area contributed by atoms with E-state index in [4.69, 9.17) is 0 Å². The van der Waals surface area contributed by atoms with Gasteiger partial charge in [-0.2, -0.15) is 0 Å². The minimum atomic E-state index is -0.875. The molecule has 1 aromatic heterocycles. The topological polar surface area (TPSA) is 66.3 Å². The fraction of sp³-hybridized carbons (Fsp3) is 0.438. The number of rotatable bonds is 6. The van der Waals surface area contributed by atoms with Crippen LogP contribution < -0.4 is 0 Å². The van der Waals surface area contributed by atoms with Gasteiger partial charge in [0.15, 0.2) is 0 Å². The van der Waals surface area contributed by atoms with E-state index in [0.717, 1.165) is 11.5 Å². The molecule has 2 rings (SSSR count). The first kappa shape index (κ1) is 17.5. The van der Waals surface area contributed by atoms with Crippen LogP contribution in [0.25, 0.3) is 0 Å². The van der Waals surface area contributed by atoms with Crippen LogP contribution in [0, 0.1) is 18.7 Å². The highest BCUT2D eigenvalue weighted by Gasteiger charge is 2.24. The zero-order valence-electron chi connectivity index (χ0n) is 13.4. The Balaban J connectivity index is 2.16. The average Bonchev–Trinajstić information content (AvgIpc) is 2.92. The lowest BCUT2D eigenvalue weighted by atomic mass is 10.1. The van der Waals surface area contributed by atoms with E-state index in [2.05, 4.69) is 9.59 Å². The Hall–Kier alpha value is -1.86. The van der Waals surface area contributed by atoms with Gasteiger partial charge in [-0.1, -0.05) is 30.5 Å². The summed E-state index contributed by atoms with van der Waals surface area (Å²) < 4.78 is 16.8. The molecule has 0 aliphatic rings. The lowest BCUT2D eigenvalue weighted by molar-refractivity contribution is 0.0598. The number of aliphatic hydroxyl groups is 1. The predicted molar refractivity (Wildman–Crippen MR) is 86.7 cm³/mol. The Bertz CT molecular complexity index is 658. The van der Waals surface area contributed by atoms with Crippen LogP contribution in [0.2, 0.25) is 0 Å². The third kappa shape index (κ3) is 4.56. The van der Waals surface area contributed by atoms with Crippen LogP contribution in [0.4, 0.5) is 4.39 Å². The SMILES string of the molecule is Cc1nnsc1C(=O)N(CC(C)C)CC(O)c1ccc(F)cc1. The van der Waals surface area contributed by atoms with E-state index in [1.165, 1.54) is 24.3 Å². The van der Waals surface area contributed by atoms with Crippen LogP contribution in [-0.2, 0) is 0 Å². The second-order valence-corrected chi connectivity index (χ2v) is 6.61. The summed E-state index contributed by atoms with van der Waals surface area (Å²) in [6.45, 7) is 6.39. The van der Waals surface area contributed by atoms with E-state index in [1.54, 1.807) is 11.8 Å². The van der Waals surface area contributed by atoms with Crippen molar-refractivity contribution < 1.29 is 14.3 Å². The summed E-state index contributed by atoms with van der Waals surface area (Å²) in [5.41, 5.74) is 1.16. The molecule has 1 atom stereocenters. The molecule has 0 saturated heterocycles. The Morgan fingerprint density at radius 1 is 1.30 bits per heavy atom. The van der Waals surface area contributed by atoms with Crippen molar-refractivity contribution in [2.24, 2.45) is 5.92 Å². The van der Waals surface area contributed by atoms with Crippen LogP contribution in [0.3, 0.4) is 0 Å². The zero-order chi connectivity index (χ0) is 17.0. The Labute approximate surface area is 138 Å². The minimum absolute atomic E-state index is 0.139. The first-order chi connectivity index (χ1) is 10.9. The standard InChI is InChI=1S/C16H20FN3O2S/c1-10(2)8-20(16(22)15-11(3)18-19-23-15)9-14(21)12-4-6-13(17)7-5-12/h4-7,10,14,21H,8-9H2,1-3H3. The number of halogens is 1. The summed E-state index contributed by atoms with van der Waals surface area (Å²) in [5.74, 6) is -0.296. The molecule has 23 heavy (non-hydrogen) atoms. The van der Waals surface area contributed by atoms with Gasteiger partial charge in [0, 0.05) is 6.54 Å². The molecule has 0 aliphatic heterocycles. The quantitative estimate of drug-likeness (QED) is 0.880. The van der Waals surface area contributed by atoms with Gasteiger partial charge in [-0.05, 0) is 42.1 Å². The molecule has 0 saturated carbocycles. The summed E-state index contributed by atoms with van der Waals surface area (Å²) in [7, 11) is 0. The molecule has 0 spiro atoms. The zero-order valence-corrected chi connectivity index (χ0v) is 14.2. The molecule has 0 bridgehead atoms. The van der Waals surface area contributed by atoms with E-state index in [0.29, 0.717) is 22.7 Å². The molecule has 0 fully saturated rings. The number of aliphatic hydroxyl groups excluding tert-OH is 1. The number of carbonyl (C=O) groups is 1. The number of aryl methyl sites for hydroxylation is 1. The second kappa shape index (κ2) is 7.61. The van der Waals surface area contributed by atoms with Gasteiger partial charge in [0.1, 0.15) is 10.7 Å². The third-order valence-electron chi connectivity index (χ3n) is 3.37. The molecule has 2 aromatic rings. The molecule has 1 aromatic carbocycles. The van der Waals surface area contributed by atoms with E-state index >= 15 is 0 Å². The maximum atomic E-state index is 13.0. The average molecular weight is 337 g/mol. The molecule has 1 heterocycles. The number of amides is 1. The van der Waals surface area contributed by atoms with Gasteiger partial charge in [-0.15, -0.1) is 5.10 Å². The lowest BCUT2D eigenvalue weighted by Crippen LogP contribution is -2.37.